The third-order valence-corrected chi connectivity index (χ3v) is 5.14. The zero-order valence-corrected chi connectivity index (χ0v) is 16.9. The van der Waals surface area contributed by atoms with Crippen molar-refractivity contribution in [3.05, 3.63) is 58.6 Å². The number of nitrogens with one attached hydrogen (secondary N) is 3. The molecule has 1 aliphatic rings. The Kier molecular flexibility index (Phi) is 6.08. The largest absolute Gasteiger partial charge is 0.494 e. The van der Waals surface area contributed by atoms with Crippen molar-refractivity contribution in [1.82, 2.24) is 10.6 Å². The lowest BCUT2D eigenvalue weighted by Crippen LogP contribution is -2.40. The zero-order chi connectivity index (χ0) is 21.0. The summed E-state index contributed by atoms with van der Waals surface area (Å²) in [6.07, 6.45) is 0.828. The van der Waals surface area contributed by atoms with E-state index in [0.29, 0.717) is 35.1 Å². The number of carbonyl (C=O) groups is 3. The summed E-state index contributed by atoms with van der Waals surface area (Å²) in [7, 11) is 0. The predicted molar refractivity (Wildman–Crippen MR) is 110 cm³/mol. The molecule has 4 amide bonds. The van der Waals surface area contributed by atoms with E-state index in [-0.39, 0.29) is 12.3 Å². The van der Waals surface area contributed by atoms with Crippen LogP contribution in [0.3, 0.4) is 0 Å². The Morgan fingerprint density at radius 2 is 2.00 bits per heavy atom. The van der Waals surface area contributed by atoms with Crippen molar-refractivity contribution in [2.24, 2.45) is 0 Å². The monoisotopic (exact) mass is 415 g/mol. The number of carbonyl (C=O) groups excluding carboxylic acids is 3. The van der Waals surface area contributed by atoms with E-state index >= 15 is 0 Å². The summed E-state index contributed by atoms with van der Waals surface area (Å²) in [5.74, 6) is 0.119. The number of hydrogen-bond donors (Lipinski definition) is 3. The first-order valence-electron chi connectivity index (χ1n) is 9.21. The van der Waals surface area contributed by atoms with Crippen LogP contribution in [0.5, 0.6) is 5.75 Å². The summed E-state index contributed by atoms with van der Waals surface area (Å²) in [4.78, 5) is 35.7. The van der Waals surface area contributed by atoms with Gasteiger partial charge in [0.05, 0.1) is 6.61 Å². The maximum atomic E-state index is 12.2. The summed E-state index contributed by atoms with van der Waals surface area (Å²) in [5, 5.41) is 8.32. The van der Waals surface area contributed by atoms with Crippen LogP contribution in [0.25, 0.3) is 0 Å². The van der Waals surface area contributed by atoms with E-state index in [0.717, 1.165) is 5.56 Å². The van der Waals surface area contributed by atoms with E-state index < -0.39 is 17.5 Å². The third-order valence-electron chi connectivity index (χ3n) is 4.71. The maximum absolute atomic E-state index is 12.2. The molecule has 3 rings (SSSR count). The van der Waals surface area contributed by atoms with Gasteiger partial charge in [0.1, 0.15) is 11.3 Å². The van der Waals surface area contributed by atoms with Crippen molar-refractivity contribution in [1.29, 1.82) is 0 Å². The average Bonchev–Trinajstić information content (AvgIpc) is 2.94. The molecule has 29 heavy (non-hydrogen) atoms. The lowest BCUT2D eigenvalue weighted by molar-refractivity contribution is -0.123. The Morgan fingerprint density at radius 3 is 2.69 bits per heavy atom. The molecule has 0 bridgehead atoms. The Balaban J connectivity index is 1.51. The number of aryl methyl sites for hydroxylation is 1. The molecule has 0 spiro atoms. The zero-order valence-electron chi connectivity index (χ0n) is 16.2. The van der Waals surface area contributed by atoms with Gasteiger partial charge in [0.2, 0.25) is 5.91 Å². The van der Waals surface area contributed by atoms with Gasteiger partial charge in [-0.1, -0.05) is 23.7 Å². The third kappa shape index (κ3) is 4.86. The van der Waals surface area contributed by atoms with Crippen molar-refractivity contribution in [3.63, 3.8) is 0 Å². The highest BCUT2D eigenvalue weighted by Gasteiger charge is 2.43. The molecule has 0 saturated carbocycles. The normalized spacial score (nSPS) is 18.2. The molecule has 0 aromatic heterocycles. The topological polar surface area (TPSA) is 96.5 Å². The van der Waals surface area contributed by atoms with Crippen LogP contribution in [0.1, 0.15) is 30.9 Å². The van der Waals surface area contributed by atoms with Gasteiger partial charge in [-0.25, -0.2) is 4.79 Å². The Bertz CT molecular complexity index is 963. The summed E-state index contributed by atoms with van der Waals surface area (Å²) in [5.41, 5.74) is 0.905. The summed E-state index contributed by atoms with van der Waals surface area (Å²) >= 11 is 5.99. The highest BCUT2D eigenvalue weighted by Crippen LogP contribution is 2.26. The number of urea groups is 1. The Labute approximate surface area is 173 Å². The first kappa shape index (κ1) is 20.7. The Hall–Kier alpha value is -3.06. The highest BCUT2D eigenvalue weighted by atomic mass is 35.5. The van der Waals surface area contributed by atoms with Gasteiger partial charge < -0.3 is 15.4 Å². The van der Waals surface area contributed by atoms with Crippen LogP contribution in [0.15, 0.2) is 42.5 Å². The smallest absolute Gasteiger partial charge is 0.322 e. The molecule has 0 radical (unpaired) electrons. The first-order valence-corrected chi connectivity index (χ1v) is 9.59. The number of ether oxygens (including phenoxy) is 1. The van der Waals surface area contributed by atoms with Gasteiger partial charge in [0, 0.05) is 17.1 Å². The number of imide groups is 1. The van der Waals surface area contributed by atoms with E-state index in [1.165, 1.54) is 0 Å². The molecule has 1 heterocycles. The van der Waals surface area contributed by atoms with Crippen LogP contribution < -0.4 is 20.7 Å². The van der Waals surface area contributed by atoms with Crippen molar-refractivity contribution in [3.8, 4) is 5.75 Å². The number of amides is 4. The minimum Gasteiger partial charge on any atom is -0.494 e. The number of hydrogen-bond acceptors (Lipinski definition) is 4. The van der Waals surface area contributed by atoms with Crippen LogP contribution in [-0.2, 0) is 15.1 Å². The van der Waals surface area contributed by atoms with Gasteiger partial charge in [-0.2, -0.15) is 0 Å². The number of halogens is 1. The van der Waals surface area contributed by atoms with Crippen LogP contribution in [0, 0.1) is 6.92 Å². The quantitative estimate of drug-likeness (QED) is 0.476. The summed E-state index contributed by atoms with van der Waals surface area (Å²) in [6, 6.07) is 11.7. The van der Waals surface area contributed by atoms with Crippen LogP contribution in [0.2, 0.25) is 5.02 Å². The van der Waals surface area contributed by atoms with Crippen LogP contribution in [-0.4, -0.2) is 24.5 Å². The summed E-state index contributed by atoms with van der Waals surface area (Å²) < 4.78 is 5.64. The number of rotatable bonds is 7. The fourth-order valence-electron chi connectivity index (χ4n) is 3.01. The van der Waals surface area contributed by atoms with Crippen LogP contribution in [0.4, 0.5) is 10.5 Å². The second-order valence-corrected chi connectivity index (χ2v) is 7.43. The highest BCUT2D eigenvalue weighted by molar-refractivity contribution is 6.31. The molecular formula is C21H22ClN3O4. The molecule has 7 nitrogen and oxygen atoms in total. The standard InChI is InChI=1S/C21H22ClN3O4/c1-13-11-16(8-9-17(13)22)29-10-4-7-18(26)23-15-6-3-5-14(12-15)21(2)19(27)24-20(28)25-21/h3,5-6,8-9,11-12H,4,7,10H2,1-2H3,(H,23,26)(H2,24,25,27,28)/t21-/m0/s1. The molecule has 0 aliphatic carbocycles. The van der Waals surface area contributed by atoms with Crippen molar-refractivity contribution >= 4 is 35.1 Å². The maximum Gasteiger partial charge on any atom is 0.322 e. The molecule has 3 N–H and O–H groups in total. The van der Waals surface area contributed by atoms with Crippen molar-refractivity contribution in [2.75, 3.05) is 11.9 Å². The second-order valence-electron chi connectivity index (χ2n) is 7.03. The van der Waals surface area contributed by atoms with Gasteiger partial charge in [-0.15, -0.1) is 0 Å². The number of benzene rings is 2. The molecule has 152 valence electrons. The SMILES string of the molecule is Cc1cc(OCCCC(=O)Nc2cccc([C@]3(C)NC(=O)NC3=O)c2)ccc1Cl. The average molecular weight is 416 g/mol. The molecule has 1 aliphatic heterocycles. The fourth-order valence-corrected chi connectivity index (χ4v) is 3.13. The second kappa shape index (κ2) is 8.53. The van der Waals surface area contributed by atoms with Gasteiger partial charge in [-0.05, 0) is 61.7 Å². The van der Waals surface area contributed by atoms with E-state index in [9.17, 15) is 14.4 Å². The van der Waals surface area contributed by atoms with E-state index in [1.54, 1.807) is 43.3 Å². The van der Waals surface area contributed by atoms with E-state index in [1.807, 2.05) is 13.0 Å². The molecule has 2 aromatic rings. The lowest BCUT2D eigenvalue weighted by atomic mass is 9.92. The molecule has 2 aromatic carbocycles. The van der Waals surface area contributed by atoms with Crippen LogP contribution >= 0.6 is 11.6 Å². The van der Waals surface area contributed by atoms with Crippen molar-refractivity contribution in [2.45, 2.75) is 32.2 Å². The fraction of sp³-hybridized carbons (Fsp3) is 0.286. The summed E-state index contributed by atoms with van der Waals surface area (Å²) in [6.45, 7) is 3.92. The van der Waals surface area contributed by atoms with E-state index in [2.05, 4.69) is 16.0 Å². The molecule has 8 heteroatoms. The van der Waals surface area contributed by atoms with Crippen molar-refractivity contribution < 1.29 is 19.1 Å². The van der Waals surface area contributed by atoms with Gasteiger partial charge in [-0.3, -0.25) is 14.9 Å². The first-order chi connectivity index (χ1) is 13.8. The van der Waals surface area contributed by atoms with E-state index in [4.69, 9.17) is 16.3 Å². The van der Waals surface area contributed by atoms with Gasteiger partial charge in [0.25, 0.3) is 5.91 Å². The van der Waals surface area contributed by atoms with Gasteiger partial charge >= 0.3 is 6.03 Å². The molecule has 1 saturated heterocycles. The molecule has 1 atom stereocenters. The minimum atomic E-state index is -1.16. The molecule has 1 fully saturated rings. The number of anilines is 1. The minimum absolute atomic E-state index is 0.164. The van der Waals surface area contributed by atoms with Gasteiger partial charge in [0.15, 0.2) is 0 Å². The molecular weight excluding hydrogens is 394 g/mol. The molecule has 0 unspecified atom stereocenters. The predicted octanol–water partition coefficient (Wildman–Crippen LogP) is 3.50. The Morgan fingerprint density at radius 1 is 1.21 bits per heavy atom. The lowest BCUT2D eigenvalue weighted by Gasteiger charge is -2.21.